The molecule has 1 unspecified atom stereocenters. The first-order valence-electron chi connectivity index (χ1n) is 6.53. The van der Waals surface area contributed by atoms with E-state index in [0.717, 1.165) is 12.1 Å². The number of anilines is 1. The number of carbonyl (C=O) groups excluding carboxylic acids is 1. The summed E-state index contributed by atoms with van der Waals surface area (Å²) in [5, 5.41) is 11.9. The van der Waals surface area contributed by atoms with Crippen LogP contribution in [0.3, 0.4) is 0 Å². The van der Waals surface area contributed by atoms with E-state index in [9.17, 15) is 23.1 Å². The molecule has 0 fully saturated rings. The first-order chi connectivity index (χ1) is 9.94. The van der Waals surface area contributed by atoms with E-state index in [4.69, 9.17) is 10.5 Å². The van der Waals surface area contributed by atoms with E-state index < -0.39 is 41.6 Å². The van der Waals surface area contributed by atoms with Crippen molar-refractivity contribution in [2.75, 3.05) is 11.9 Å². The van der Waals surface area contributed by atoms with Crippen LogP contribution < -0.4 is 11.1 Å². The fraction of sp³-hybridized carbons (Fsp3) is 0.500. The highest BCUT2D eigenvalue weighted by Crippen LogP contribution is 2.39. The van der Waals surface area contributed by atoms with Gasteiger partial charge in [-0.05, 0) is 39.0 Å². The molecule has 1 amide bonds. The molecule has 0 aromatic heterocycles. The maximum atomic E-state index is 12.9. The van der Waals surface area contributed by atoms with Crippen LogP contribution in [0.15, 0.2) is 18.2 Å². The van der Waals surface area contributed by atoms with E-state index in [1.807, 2.05) is 0 Å². The number of benzene rings is 1. The number of hydrogen-bond donors (Lipinski definition) is 3. The molecule has 0 saturated carbocycles. The number of halogens is 3. The molecule has 0 radical (unpaired) electrons. The van der Waals surface area contributed by atoms with Crippen LogP contribution in [0, 0.1) is 0 Å². The maximum Gasteiger partial charge on any atom is 0.412 e. The summed E-state index contributed by atoms with van der Waals surface area (Å²) < 4.78 is 43.7. The summed E-state index contributed by atoms with van der Waals surface area (Å²) in [7, 11) is 0. The quantitative estimate of drug-likeness (QED) is 0.746. The zero-order chi connectivity index (χ0) is 17.1. The van der Waals surface area contributed by atoms with Crippen LogP contribution in [0.1, 0.15) is 32.3 Å². The van der Waals surface area contributed by atoms with E-state index >= 15 is 0 Å². The molecule has 0 bridgehead atoms. The molecule has 1 atom stereocenters. The van der Waals surface area contributed by atoms with Gasteiger partial charge in [0, 0.05) is 17.8 Å². The number of hydrogen-bond acceptors (Lipinski definition) is 4. The molecule has 0 aliphatic rings. The molecular formula is C14H19F3N2O3. The Kier molecular flexibility index (Phi) is 5.29. The summed E-state index contributed by atoms with van der Waals surface area (Å²) in [6, 6.07) is 3.37. The Labute approximate surface area is 126 Å². The molecule has 0 spiro atoms. The Morgan fingerprint density at radius 2 is 1.95 bits per heavy atom. The average Bonchev–Trinajstić information content (AvgIpc) is 2.29. The fourth-order valence-corrected chi connectivity index (χ4v) is 1.77. The number of amides is 1. The third-order valence-electron chi connectivity index (χ3n) is 2.68. The van der Waals surface area contributed by atoms with Crippen LogP contribution >= 0.6 is 0 Å². The number of carbonyl (C=O) groups is 1. The molecule has 1 aromatic rings. The summed E-state index contributed by atoms with van der Waals surface area (Å²) >= 11 is 0. The summed E-state index contributed by atoms with van der Waals surface area (Å²) in [5.41, 5.74) is 4.09. The minimum Gasteiger partial charge on any atom is -0.508 e. The van der Waals surface area contributed by atoms with Gasteiger partial charge < -0.3 is 15.6 Å². The van der Waals surface area contributed by atoms with Crippen molar-refractivity contribution in [3.8, 4) is 5.75 Å². The van der Waals surface area contributed by atoms with Gasteiger partial charge in [0.15, 0.2) is 0 Å². The van der Waals surface area contributed by atoms with Gasteiger partial charge in [-0.25, -0.2) is 4.79 Å². The highest BCUT2D eigenvalue weighted by Gasteiger charge is 2.41. The van der Waals surface area contributed by atoms with E-state index in [2.05, 4.69) is 5.32 Å². The second-order valence-corrected chi connectivity index (χ2v) is 5.73. The highest BCUT2D eigenvalue weighted by molar-refractivity contribution is 5.85. The lowest BCUT2D eigenvalue weighted by Crippen LogP contribution is -2.29. The zero-order valence-electron chi connectivity index (χ0n) is 12.5. The highest BCUT2D eigenvalue weighted by atomic mass is 19.4. The van der Waals surface area contributed by atoms with Crippen molar-refractivity contribution < 1.29 is 27.8 Å². The SMILES string of the molecule is CC(C)(C)OC(=O)Nc1ccc(O)c(C(CN)C(F)(F)F)c1. The second kappa shape index (κ2) is 6.43. The lowest BCUT2D eigenvalue weighted by Gasteiger charge is -2.22. The molecule has 0 saturated heterocycles. The van der Waals surface area contributed by atoms with Gasteiger partial charge in [-0.3, -0.25) is 5.32 Å². The zero-order valence-corrected chi connectivity index (χ0v) is 12.5. The minimum absolute atomic E-state index is 0.0738. The Balaban J connectivity index is 3.02. The first-order valence-corrected chi connectivity index (χ1v) is 6.53. The number of ether oxygens (including phenoxy) is 1. The molecule has 1 aromatic carbocycles. The smallest absolute Gasteiger partial charge is 0.412 e. The van der Waals surface area contributed by atoms with Gasteiger partial charge in [-0.2, -0.15) is 13.2 Å². The van der Waals surface area contributed by atoms with Crippen LogP contribution in [-0.4, -0.2) is 29.5 Å². The third-order valence-corrected chi connectivity index (χ3v) is 2.68. The van der Waals surface area contributed by atoms with Crippen molar-refractivity contribution >= 4 is 11.8 Å². The van der Waals surface area contributed by atoms with Gasteiger partial charge in [-0.1, -0.05) is 0 Å². The monoisotopic (exact) mass is 320 g/mol. The first kappa shape index (κ1) is 18.1. The Morgan fingerprint density at radius 3 is 2.41 bits per heavy atom. The summed E-state index contributed by atoms with van der Waals surface area (Å²) in [6.07, 6.45) is -5.41. The minimum atomic E-state index is -4.60. The number of rotatable bonds is 3. The molecule has 0 aliphatic carbocycles. The standard InChI is InChI=1S/C14H19F3N2O3/c1-13(2,3)22-12(21)19-8-4-5-11(20)9(6-8)10(7-18)14(15,16)17/h4-6,10,20H,7,18H2,1-3H3,(H,19,21). The van der Waals surface area contributed by atoms with Crippen molar-refractivity contribution in [2.24, 2.45) is 5.73 Å². The summed E-state index contributed by atoms with van der Waals surface area (Å²) in [4.78, 5) is 11.6. The van der Waals surface area contributed by atoms with Crippen molar-refractivity contribution in [2.45, 2.75) is 38.5 Å². The van der Waals surface area contributed by atoms with Crippen molar-refractivity contribution in [1.29, 1.82) is 0 Å². The van der Waals surface area contributed by atoms with Gasteiger partial charge in [0.1, 0.15) is 11.4 Å². The Morgan fingerprint density at radius 1 is 1.36 bits per heavy atom. The predicted molar refractivity (Wildman–Crippen MR) is 75.8 cm³/mol. The van der Waals surface area contributed by atoms with Crippen LogP contribution in [0.25, 0.3) is 0 Å². The van der Waals surface area contributed by atoms with E-state index in [-0.39, 0.29) is 5.69 Å². The number of aromatic hydroxyl groups is 1. The molecule has 0 heterocycles. The second-order valence-electron chi connectivity index (χ2n) is 5.73. The number of phenolic OH excluding ortho intramolecular Hbond substituents is 1. The predicted octanol–water partition coefficient (Wildman–Crippen LogP) is 3.34. The molecule has 1 rings (SSSR count). The topological polar surface area (TPSA) is 84.6 Å². The lowest BCUT2D eigenvalue weighted by molar-refractivity contribution is -0.148. The van der Waals surface area contributed by atoms with Crippen molar-refractivity contribution in [3.05, 3.63) is 23.8 Å². The van der Waals surface area contributed by atoms with Gasteiger partial charge >= 0.3 is 12.3 Å². The molecule has 0 aliphatic heterocycles. The molecule has 4 N–H and O–H groups in total. The van der Waals surface area contributed by atoms with E-state index in [0.29, 0.717) is 0 Å². The largest absolute Gasteiger partial charge is 0.508 e. The van der Waals surface area contributed by atoms with E-state index in [1.165, 1.54) is 6.07 Å². The van der Waals surface area contributed by atoms with Crippen LogP contribution in [0.5, 0.6) is 5.75 Å². The molecular weight excluding hydrogens is 301 g/mol. The number of nitrogens with two attached hydrogens (primary N) is 1. The van der Waals surface area contributed by atoms with Gasteiger partial charge in [0.2, 0.25) is 0 Å². The molecule has 22 heavy (non-hydrogen) atoms. The van der Waals surface area contributed by atoms with E-state index in [1.54, 1.807) is 20.8 Å². The number of alkyl halides is 3. The Bertz CT molecular complexity index is 539. The fourth-order valence-electron chi connectivity index (χ4n) is 1.77. The Hall–Kier alpha value is -1.96. The molecule has 5 nitrogen and oxygen atoms in total. The third kappa shape index (κ3) is 5.10. The van der Waals surface area contributed by atoms with Crippen LogP contribution in [0.2, 0.25) is 0 Å². The average molecular weight is 320 g/mol. The normalized spacial score (nSPS) is 13.6. The molecule has 124 valence electrons. The summed E-state index contributed by atoms with van der Waals surface area (Å²) in [6.45, 7) is 4.25. The number of nitrogens with one attached hydrogen (secondary N) is 1. The van der Waals surface area contributed by atoms with Crippen LogP contribution in [-0.2, 0) is 4.74 Å². The van der Waals surface area contributed by atoms with Gasteiger partial charge in [0.05, 0.1) is 5.92 Å². The lowest BCUT2D eigenvalue weighted by atomic mass is 9.97. The van der Waals surface area contributed by atoms with Gasteiger partial charge in [0.25, 0.3) is 0 Å². The van der Waals surface area contributed by atoms with Crippen molar-refractivity contribution in [1.82, 2.24) is 0 Å². The number of phenols is 1. The van der Waals surface area contributed by atoms with Crippen LogP contribution in [0.4, 0.5) is 23.7 Å². The molecule has 8 heteroatoms. The van der Waals surface area contributed by atoms with Crippen molar-refractivity contribution in [3.63, 3.8) is 0 Å². The maximum absolute atomic E-state index is 12.9. The summed E-state index contributed by atoms with van der Waals surface area (Å²) in [5.74, 6) is -2.56. The van der Waals surface area contributed by atoms with Gasteiger partial charge in [-0.15, -0.1) is 0 Å².